The van der Waals surface area contributed by atoms with Crippen LogP contribution in [-0.2, 0) is 19.6 Å². The van der Waals surface area contributed by atoms with Crippen molar-refractivity contribution in [3.63, 3.8) is 0 Å². The van der Waals surface area contributed by atoms with Gasteiger partial charge in [0.2, 0.25) is 10.0 Å². The Labute approximate surface area is 162 Å². The van der Waals surface area contributed by atoms with E-state index >= 15 is 0 Å². The molecule has 0 radical (unpaired) electrons. The van der Waals surface area contributed by atoms with Crippen LogP contribution in [0.3, 0.4) is 0 Å². The van der Waals surface area contributed by atoms with Crippen molar-refractivity contribution < 1.29 is 27.4 Å². The number of esters is 1. The quantitative estimate of drug-likeness (QED) is 0.640. The average molecular weight is 402 g/mol. The molecule has 0 aromatic heterocycles. The van der Waals surface area contributed by atoms with Crippen LogP contribution >= 0.6 is 0 Å². The summed E-state index contributed by atoms with van der Waals surface area (Å²) in [5.41, 5.74) is 0.548. The number of nitrogens with one attached hydrogen (secondary N) is 1. The smallest absolute Gasteiger partial charge is 0.308 e. The fourth-order valence-electron chi connectivity index (χ4n) is 2.55. The number of carbonyl (C=O) groups is 1. The zero-order chi connectivity index (χ0) is 20.8. The largest absolute Gasteiger partial charge is 0.496 e. The number of benzene rings is 1. The first-order valence-corrected chi connectivity index (χ1v) is 10.4. The van der Waals surface area contributed by atoms with Crippen molar-refractivity contribution in [2.45, 2.75) is 51.8 Å². The summed E-state index contributed by atoms with van der Waals surface area (Å²) in [5, 5.41) is 0. The molecule has 0 bridgehead atoms. The van der Waals surface area contributed by atoms with E-state index in [0.717, 1.165) is 0 Å². The predicted octanol–water partition coefficient (Wildman–Crippen LogP) is 3.05. The van der Waals surface area contributed by atoms with Crippen LogP contribution in [-0.4, -0.2) is 40.0 Å². The molecule has 1 aromatic rings. The van der Waals surface area contributed by atoms with Crippen LogP contribution < -0.4 is 14.2 Å². The third kappa shape index (κ3) is 5.84. The van der Waals surface area contributed by atoms with E-state index in [2.05, 4.69) is 4.72 Å². The molecule has 0 spiro atoms. The summed E-state index contributed by atoms with van der Waals surface area (Å²) in [6.07, 6.45) is 0.199. The maximum absolute atomic E-state index is 12.8. The van der Waals surface area contributed by atoms with Gasteiger partial charge in [0.25, 0.3) is 0 Å². The van der Waals surface area contributed by atoms with E-state index in [9.17, 15) is 13.2 Å². The zero-order valence-electron chi connectivity index (χ0n) is 17.2. The molecular formula is C19H31NO6S. The van der Waals surface area contributed by atoms with E-state index in [1.807, 2.05) is 0 Å². The second-order valence-electron chi connectivity index (χ2n) is 7.25. The maximum Gasteiger partial charge on any atom is 0.308 e. The van der Waals surface area contributed by atoms with Crippen LogP contribution in [0.25, 0.3) is 0 Å². The van der Waals surface area contributed by atoms with Gasteiger partial charge in [-0.05, 0) is 46.2 Å². The second-order valence-corrected chi connectivity index (χ2v) is 9.72. The molecule has 0 saturated heterocycles. The molecule has 2 unspecified atom stereocenters. The van der Waals surface area contributed by atoms with E-state index in [-0.39, 0.29) is 19.0 Å². The first kappa shape index (κ1) is 23.2. The summed E-state index contributed by atoms with van der Waals surface area (Å²) < 4.78 is 43.2. The van der Waals surface area contributed by atoms with Gasteiger partial charge in [0, 0.05) is 0 Å². The number of hydrogen-bond donors (Lipinski definition) is 1. The van der Waals surface area contributed by atoms with Crippen molar-refractivity contribution in [1.29, 1.82) is 0 Å². The summed E-state index contributed by atoms with van der Waals surface area (Å²) in [5.74, 6) is 0.0533. The van der Waals surface area contributed by atoms with Gasteiger partial charge in [-0.15, -0.1) is 0 Å². The second kappa shape index (κ2) is 9.41. The predicted molar refractivity (Wildman–Crippen MR) is 105 cm³/mol. The molecule has 27 heavy (non-hydrogen) atoms. The average Bonchev–Trinajstić information content (AvgIpc) is 2.59. The molecule has 7 nitrogen and oxygen atoms in total. The first-order chi connectivity index (χ1) is 12.5. The molecule has 1 rings (SSSR count). The Morgan fingerprint density at radius 2 is 1.67 bits per heavy atom. The van der Waals surface area contributed by atoms with Crippen LogP contribution in [0.15, 0.2) is 18.2 Å². The minimum Gasteiger partial charge on any atom is -0.496 e. The number of hydrogen-bond acceptors (Lipinski definition) is 6. The molecule has 1 N–H and O–H groups in total. The third-order valence-corrected chi connectivity index (χ3v) is 6.40. The van der Waals surface area contributed by atoms with Crippen molar-refractivity contribution in [3.05, 3.63) is 23.8 Å². The Morgan fingerprint density at radius 3 is 2.07 bits per heavy atom. The Morgan fingerprint density at radius 1 is 1.15 bits per heavy atom. The van der Waals surface area contributed by atoms with Crippen LogP contribution in [0, 0.1) is 5.92 Å². The minimum absolute atomic E-state index is 0.199. The molecule has 0 aliphatic rings. The highest BCUT2D eigenvalue weighted by molar-refractivity contribution is 7.90. The van der Waals surface area contributed by atoms with Gasteiger partial charge in [-0.2, -0.15) is 0 Å². The van der Waals surface area contributed by atoms with Gasteiger partial charge in [0.05, 0.1) is 43.1 Å². The van der Waals surface area contributed by atoms with Gasteiger partial charge in [0.1, 0.15) is 11.5 Å². The number of methoxy groups -OCH3 is 2. The van der Waals surface area contributed by atoms with Gasteiger partial charge >= 0.3 is 5.97 Å². The highest BCUT2D eigenvalue weighted by atomic mass is 32.2. The highest BCUT2D eigenvalue weighted by Gasteiger charge is 2.35. The Balaban J connectivity index is 3.41. The molecular weight excluding hydrogens is 370 g/mol. The standard InChI is InChI=1S/C19H31NO6S/c1-8-26-18(21)13(2)12-14(20-27(22,23)19(3,4)5)17-15(24-6)10-9-11-16(17)25-7/h9-11,13-14,20H,8,12H2,1-7H3. The van der Waals surface area contributed by atoms with Crippen molar-refractivity contribution in [2.75, 3.05) is 20.8 Å². The van der Waals surface area contributed by atoms with Crippen LogP contribution in [0.4, 0.5) is 0 Å². The van der Waals surface area contributed by atoms with Gasteiger partial charge in [-0.3, -0.25) is 4.79 Å². The molecule has 154 valence electrons. The molecule has 0 aliphatic carbocycles. The SMILES string of the molecule is CCOC(=O)C(C)CC(NS(=O)(=O)C(C)(C)C)c1c(OC)cccc1OC. The van der Waals surface area contributed by atoms with E-state index < -0.39 is 26.7 Å². The molecule has 8 heteroatoms. The molecule has 0 saturated carbocycles. The lowest BCUT2D eigenvalue weighted by Gasteiger charge is -2.28. The number of carbonyl (C=O) groups excluding carboxylic acids is 1. The lowest BCUT2D eigenvalue weighted by Crippen LogP contribution is -2.42. The molecule has 0 heterocycles. The monoisotopic (exact) mass is 401 g/mol. The maximum atomic E-state index is 12.8. The minimum atomic E-state index is -3.69. The zero-order valence-corrected chi connectivity index (χ0v) is 18.0. The fraction of sp³-hybridized carbons (Fsp3) is 0.632. The number of rotatable bonds is 9. The van der Waals surface area contributed by atoms with Crippen LogP contribution in [0.1, 0.15) is 52.6 Å². The summed E-state index contributed by atoms with van der Waals surface area (Å²) >= 11 is 0. The van der Waals surface area contributed by atoms with Gasteiger partial charge < -0.3 is 14.2 Å². The van der Waals surface area contributed by atoms with Gasteiger partial charge in [-0.25, -0.2) is 13.1 Å². The van der Waals surface area contributed by atoms with Crippen molar-refractivity contribution in [3.8, 4) is 11.5 Å². The van der Waals surface area contributed by atoms with Gasteiger partial charge in [-0.1, -0.05) is 13.0 Å². The molecule has 1 aromatic carbocycles. The van der Waals surface area contributed by atoms with Gasteiger partial charge in [0.15, 0.2) is 0 Å². The summed E-state index contributed by atoms with van der Waals surface area (Å²) in [6.45, 7) is 8.54. The topological polar surface area (TPSA) is 90.9 Å². The number of sulfonamides is 1. The Kier molecular flexibility index (Phi) is 8.10. The van der Waals surface area contributed by atoms with E-state index in [4.69, 9.17) is 14.2 Å². The van der Waals surface area contributed by atoms with E-state index in [1.54, 1.807) is 52.8 Å². The highest BCUT2D eigenvalue weighted by Crippen LogP contribution is 2.38. The molecule has 0 amide bonds. The number of ether oxygens (including phenoxy) is 3. The fourth-order valence-corrected chi connectivity index (χ4v) is 3.49. The molecule has 0 aliphatic heterocycles. The lowest BCUT2D eigenvalue weighted by molar-refractivity contribution is -0.147. The van der Waals surface area contributed by atoms with E-state index in [1.165, 1.54) is 14.2 Å². The van der Waals surface area contributed by atoms with E-state index in [0.29, 0.717) is 17.1 Å². The lowest BCUT2D eigenvalue weighted by atomic mass is 9.95. The third-order valence-electron chi connectivity index (χ3n) is 4.20. The Hall–Kier alpha value is -1.80. The van der Waals surface area contributed by atoms with Crippen molar-refractivity contribution >= 4 is 16.0 Å². The Bertz CT molecular complexity index is 717. The molecule has 2 atom stereocenters. The van der Waals surface area contributed by atoms with Crippen molar-refractivity contribution in [2.24, 2.45) is 5.92 Å². The van der Waals surface area contributed by atoms with Crippen LogP contribution in [0.5, 0.6) is 11.5 Å². The van der Waals surface area contributed by atoms with Crippen LogP contribution in [0.2, 0.25) is 0 Å². The normalized spacial score (nSPS) is 14.3. The summed E-state index contributed by atoms with van der Waals surface area (Å²) in [6, 6.07) is 4.49. The van der Waals surface area contributed by atoms with Crippen molar-refractivity contribution in [1.82, 2.24) is 4.72 Å². The summed E-state index contributed by atoms with van der Waals surface area (Å²) in [4.78, 5) is 12.1. The first-order valence-electron chi connectivity index (χ1n) is 8.87. The molecule has 0 fully saturated rings. The summed E-state index contributed by atoms with van der Waals surface area (Å²) in [7, 11) is -0.687.